The number of nitrogens with one attached hydrogen (secondary N) is 1. The molecule has 0 saturated carbocycles. The molecular formula is C17H13Cl2N3O2. The smallest absolute Gasteiger partial charge is 0.322 e. The van der Waals surface area contributed by atoms with Crippen LogP contribution in [0.3, 0.4) is 0 Å². The van der Waals surface area contributed by atoms with Crippen LogP contribution in [0.5, 0.6) is 0 Å². The average molecular weight is 362 g/mol. The summed E-state index contributed by atoms with van der Waals surface area (Å²) in [6, 6.07) is 12.6. The number of nitrogens with zero attached hydrogens (tertiary/aromatic N) is 2. The number of hydrogen-bond acceptors (Lipinski definition) is 4. The predicted octanol–water partition coefficient (Wildman–Crippen LogP) is 4.53. The lowest BCUT2D eigenvalue weighted by molar-refractivity contribution is 0.102. The first-order chi connectivity index (χ1) is 11.5. The molecule has 1 aromatic heterocycles. The summed E-state index contributed by atoms with van der Waals surface area (Å²) in [7, 11) is 0. The Bertz CT molecular complexity index is 876. The zero-order chi connectivity index (χ0) is 17.1. The molecule has 0 aliphatic carbocycles. The Kier molecular flexibility index (Phi) is 4.83. The fourth-order valence-electron chi connectivity index (χ4n) is 2.09. The number of hydrogen-bond donors (Lipinski definition) is 1. The van der Waals surface area contributed by atoms with Gasteiger partial charge in [0.05, 0.1) is 17.0 Å². The Labute approximate surface area is 148 Å². The standard InChI is InChI=1S/C17H13Cl2N3O2/c1-10-2-4-11(5-3-10)8-15-21-22-17(24-15)20-16(23)13-9-12(18)6-7-14(13)19/h2-7,9H,8H2,1H3,(H,20,22,23). The third-order valence-electron chi connectivity index (χ3n) is 3.34. The molecule has 0 bridgehead atoms. The van der Waals surface area contributed by atoms with E-state index in [0.717, 1.165) is 5.56 Å². The Morgan fingerprint density at radius 2 is 1.88 bits per heavy atom. The van der Waals surface area contributed by atoms with Gasteiger partial charge in [0, 0.05) is 5.02 Å². The van der Waals surface area contributed by atoms with Gasteiger partial charge in [-0.25, -0.2) is 0 Å². The van der Waals surface area contributed by atoms with Crippen molar-refractivity contribution in [1.29, 1.82) is 0 Å². The SMILES string of the molecule is Cc1ccc(Cc2nnc(NC(=O)c3cc(Cl)ccc3Cl)o2)cc1. The van der Waals surface area contributed by atoms with Crippen LogP contribution in [0.1, 0.15) is 27.4 Å². The van der Waals surface area contributed by atoms with Crippen molar-refractivity contribution in [3.05, 3.63) is 75.1 Å². The van der Waals surface area contributed by atoms with Crippen molar-refractivity contribution in [1.82, 2.24) is 10.2 Å². The van der Waals surface area contributed by atoms with Gasteiger partial charge in [0.2, 0.25) is 5.89 Å². The number of rotatable bonds is 4. The number of carbonyl (C=O) groups is 1. The lowest BCUT2D eigenvalue weighted by atomic mass is 10.1. The van der Waals surface area contributed by atoms with E-state index in [1.165, 1.54) is 11.6 Å². The van der Waals surface area contributed by atoms with Gasteiger partial charge in [-0.15, -0.1) is 5.10 Å². The third-order valence-corrected chi connectivity index (χ3v) is 3.90. The number of benzene rings is 2. The Morgan fingerprint density at radius 1 is 1.12 bits per heavy atom. The summed E-state index contributed by atoms with van der Waals surface area (Å²) in [5, 5.41) is 11.0. The molecule has 0 aliphatic heterocycles. The molecule has 0 atom stereocenters. The Morgan fingerprint density at radius 3 is 2.62 bits per heavy atom. The van der Waals surface area contributed by atoms with Crippen LogP contribution in [0.15, 0.2) is 46.9 Å². The minimum absolute atomic E-state index is 0.0122. The van der Waals surface area contributed by atoms with Gasteiger partial charge >= 0.3 is 6.01 Å². The molecule has 2 aromatic carbocycles. The van der Waals surface area contributed by atoms with Gasteiger partial charge in [-0.05, 0) is 30.7 Å². The number of carbonyl (C=O) groups excluding carboxylic acids is 1. The van der Waals surface area contributed by atoms with Crippen molar-refractivity contribution >= 4 is 35.1 Å². The predicted molar refractivity (Wildman–Crippen MR) is 92.7 cm³/mol. The molecule has 0 spiro atoms. The van der Waals surface area contributed by atoms with E-state index >= 15 is 0 Å². The van der Waals surface area contributed by atoms with Crippen molar-refractivity contribution in [2.45, 2.75) is 13.3 Å². The lowest BCUT2D eigenvalue weighted by Gasteiger charge is -2.03. The van der Waals surface area contributed by atoms with Crippen LogP contribution in [0.25, 0.3) is 0 Å². The number of aryl methyl sites for hydroxylation is 1. The van der Waals surface area contributed by atoms with Crippen LogP contribution in [-0.4, -0.2) is 16.1 Å². The zero-order valence-corrected chi connectivity index (χ0v) is 14.2. The van der Waals surface area contributed by atoms with Crippen molar-refractivity contribution in [3.63, 3.8) is 0 Å². The summed E-state index contributed by atoms with van der Waals surface area (Å²) < 4.78 is 5.45. The maximum Gasteiger partial charge on any atom is 0.322 e. The molecular weight excluding hydrogens is 349 g/mol. The lowest BCUT2D eigenvalue weighted by Crippen LogP contribution is -2.12. The number of halogens is 2. The summed E-state index contributed by atoms with van der Waals surface area (Å²) in [5.74, 6) is -0.0561. The van der Waals surface area contributed by atoms with E-state index in [2.05, 4.69) is 15.5 Å². The minimum atomic E-state index is -0.465. The quantitative estimate of drug-likeness (QED) is 0.741. The Hall–Kier alpha value is -2.37. The van der Waals surface area contributed by atoms with Gasteiger partial charge in [-0.1, -0.05) is 58.1 Å². The second-order valence-electron chi connectivity index (χ2n) is 5.24. The Balaban J connectivity index is 1.70. The van der Waals surface area contributed by atoms with Gasteiger partial charge in [-0.3, -0.25) is 10.1 Å². The third kappa shape index (κ3) is 3.93. The molecule has 0 saturated heterocycles. The molecule has 1 N–H and O–H groups in total. The number of anilines is 1. The molecule has 0 unspecified atom stereocenters. The largest absolute Gasteiger partial charge is 0.407 e. The monoisotopic (exact) mass is 361 g/mol. The van der Waals surface area contributed by atoms with Crippen molar-refractivity contribution in [2.24, 2.45) is 0 Å². The highest BCUT2D eigenvalue weighted by molar-refractivity contribution is 6.36. The minimum Gasteiger partial charge on any atom is -0.407 e. The fourth-order valence-corrected chi connectivity index (χ4v) is 2.47. The topological polar surface area (TPSA) is 68.0 Å². The van der Waals surface area contributed by atoms with Crippen LogP contribution < -0.4 is 5.32 Å². The van der Waals surface area contributed by atoms with E-state index < -0.39 is 5.91 Å². The van der Waals surface area contributed by atoms with Gasteiger partial charge in [0.1, 0.15) is 0 Å². The normalized spacial score (nSPS) is 10.6. The van der Waals surface area contributed by atoms with E-state index in [1.54, 1.807) is 12.1 Å². The molecule has 3 rings (SSSR count). The van der Waals surface area contributed by atoms with Gasteiger partial charge in [0.25, 0.3) is 5.91 Å². The summed E-state index contributed by atoms with van der Waals surface area (Å²) in [6.07, 6.45) is 0.487. The molecule has 7 heteroatoms. The molecule has 1 amide bonds. The maximum absolute atomic E-state index is 12.2. The summed E-state index contributed by atoms with van der Waals surface area (Å²) >= 11 is 11.9. The van der Waals surface area contributed by atoms with Gasteiger partial charge in [0.15, 0.2) is 0 Å². The van der Waals surface area contributed by atoms with Gasteiger partial charge in [-0.2, -0.15) is 0 Å². The van der Waals surface area contributed by atoms with E-state index in [9.17, 15) is 4.79 Å². The first-order valence-corrected chi connectivity index (χ1v) is 7.91. The van der Waals surface area contributed by atoms with Gasteiger partial charge < -0.3 is 4.42 Å². The highest BCUT2D eigenvalue weighted by Crippen LogP contribution is 2.22. The van der Waals surface area contributed by atoms with Crippen LogP contribution in [0.4, 0.5) is 6.01 Å². The summed E-state index contributed by atoms with van der Waals surface area (Å²) in [4.78, 5) is 12.2. The summed E-state index contributed by atoms with van der Waals surface area (Å²) in [5.41, 5.74) is 2.46. The first-order valence-electron chi connectivity index (χ1n) is 7.15. The highest BCUT2D eigenvalue weighted by Gasteiger charge is 2.15. The zero-order valence-electron chi connectivity index (χ0n) is 12.7. The van der Waals surface area contributed by atoms with E-state index in [1.807, 2.05) is 31.2 Å². The summed E-state index contributed by atoms with van der Waals surface area (Å²) in [6.45, 7) is 2.02. The first kappa shape index (κ1) is 16.5. The number of amides is 1. The fraction of sp³-hybridized carbons (Fsp3) is 0.118. The van der Waals surface area contributed by atoms with Crippen molar-refractivity contribution in [2.75, 3.05) is 5.32 Å². The van der Waals surface area contributed by atoms with Crippen LogP contribution in [0.2, 0.25) is 10.0 Å². The average Bonchev–Trinajstić information content (AvgIpc) is 2.99. The molecule has 0 aliphatic rings. The molecule has 0 radical (unpaired) electrons. The second kappa shape index (κ2) is 7.03. The molecule has 1 heterocycles. The van der Waals surface area contributed by atoms with Crippen LogP contribution in [0, 0.1) is 6.92 Å². The van der Waals surface area contributed by atoms with Crippen molar-refractivity contribution < 1.29 is 9.21 Å². The second-order valence-corrected chi connectivity index (χ2v) is 6.09. The molecule has 5 nitrogen and oxygen atoms in total. The van der Waals surface area contributed by atoms with Crippen LogP contribution >= 0.6 is 23.2 Å². The molecule has 24 heavy (non-hydrogen) atoms. The molecule has 3 aromatic rings. The van der Waals surface area contributed by atoms with E-state index in [-0.39, 0.29) is 16.6 Å². The van der Waals surface area contributed by atoms with E-state index in [0.29, 0.717) is 17.3 Å². The van der Waals surface area contributed by atoms with E-state index in [4.69, 9.17) is 27.6 Å². The maximum atomic E-state index is 12.2. The highest BCUT2D eigenvalue weighted by atomic mass is 35.5. The number of aromatic nitrogens is 2. The molecule has 0 fully saturated rings. The molecule has 122 valence electrons. The van der Waals surface area contributed by atoms with Crippen molar-refractivity contribution in [3.8, 4) is 0 Å². The van der Waals surface area contributed by atoms with Crippen LogP contribution in [-0.2, 0) is 6.42 Å².